The number of rotatable bonds is 7. The van der Waals surface area contributed by atoms with E-state index in [0.717, 1.165) is 16.9 Å². The molecule has 0 aliphatic heterocycles. The van der Waals surface area contributed by atoms with Crippen molar-refractivity contribution in [2.45, 2.75) is 11.3 Å². The van der Waals surface area contributed by atoms with Crippen LogP contribution in [-0.4, -0.2) is 44.8 Å². The average molecular weight is 356 g/mol. The number of anilines is 1. The molecule has 1 aromatic carbocycles. The van der Waals surface area contributed by atoms with Crippen molar-refractivity contribution in [1.82, 2.24) is 14.9 Å². The van der Waals surface area contributed by atoms with Crippen LogP contribution < -0.4 is 10.0 Å². The van der Waals surface area contributed by atoms with Crippen LogP contribution in [0.3, 0.4) is 0 Å². The summed E-state index contributed by atoms with van der Waals surface area (Å²) in [6, 6.07) is 6.97. The van der Waals surface area contributed by atoms with Gasteiger partial charge >= 0.3 is 0 Å². The first-order valence-electron chi connectivity index (χ1n) is 6.62. The minimum absolute atomic E-state index is 0.114. The lowest BCUT2D eigenvalue weighted by atomic mass is 10.1. The van der Waals surface area contributed by atoms with Gasteiger partial charge in [-0.15, -0.1) is 10.2 Å². The minimum Gasteiger partial charge on any atom is -0.383 e. The van der Waals surface area contributed by atoms with Gasteiger partial charge < -0.3 is 4.74 Å². The van der Waals surface area contributed by atoms with Crippen LogP contribution >= 0.6 is 11.3 Å². The van der Waals surface area contributed by atoms with Crippen molar-refractivity contribution in [2.75, 3.05) is 25.6 Å². The van der Waals surface area contributed by atoms with Gasteiger partial charge in [-0.25, -0.2) is 13.1 Å². The first kappa shape index (κ1) is 17.5. The molecule has 1 aromatic heterocycles. The molecule has 0 atom stereocenters. The van der Waals surface area contributed by atoms with E-state index in [4.69, 9.17) is 4.74 Å². The van der Waals surface area contributed by atoms with Crippen molar-refractivity contribution in [1.29, 1.82) is 0 Å². The van der Waals surface area contributed by atoms with Gasteiger partial charge in [-0.05, 0) is 19.1 Å². The Morgan fingerprint density at radius 2 is 1.96 bits per heavy atom. The summed E-state index contributed by atoms with van der Waals surface area (Å²) in [5.41, 5.74) is 1.49. The Kier molecular flexibility index (Phi) is 5.77. The highest BCUT2D eigenvalue weighted by Crippen LogP contribution is 2.20. The van der Waals surface area contributed by atoms with E-state index in [9.17, 15) is 13.2 Å². The number of carbonyl (C=O) groups is 1. The predicted octanol–water partition coefficient (Wildman–Crippen LogP) is 1.02. The summed E-state index contributed by atoms with van der Waals surface area (Å²) in [6.07, 6.45) is 0. The number of benzene rings is 1. The molecule has 0 spiro atoms. The number of amides is 1. The molecule has 8 nitrogen and oxygen atoms in total. The maximum Gasteiger partial charge on any atom is 0.269 e. The van der Waals surface area contributed by atoms with E-state index in [2.05, 4.69) is 20.2 Å². The molecular weight excluding hydrogens is 340 g/mol. The number of nitrogens with zero attached hydrogens (tertiary/aromatic N) is 2. The second-order valence-corrected chi connectivity index (χ2v) is 7.50. The third-order valence-electron chi connectivity index (χ3n) is 2.77. The number of hydrogen-bond acceptors (Lipinski definition) is 7. The molecule has 0 saturated carbocycles. The Morgan fingerprint density at radius 3 is 2.61 bits per heavy atom. The molecule has 0 saturated heterocycles. The van der Waals surface area contributed by atoms with Gasteiger partial charge in [-0.3, -0.25) is 10.1 Å². The largest absolute Gasteiger partial charge is 0.383 e. The van der Waals surface area contributed by atoms with Crippen LogP contribution in [0.4, 0.5) is 5.13 Å². The van der Waals surface area contributed by atoms with E-state index in [1.165, 1.54) is 7.11 Å². The second kappa shape index (κ2) is 7.59. The molecule has 2 rings (SSSR count). The van der Waals surface area contributed by atoms with Crippen LogP contribution in [0.25, 0.3) is 0 Å². The van der Waals surface area contributed by atoms with E-state index in [1.807, 2.05) is 19.1 Å². The molecule has 1 heterocycles. The Hall–Kier alpha value is -1.88. The zero-order chi connectivity index (χ0) is 16.9. The fraction of sp³-hybridized carbons (Fsp3) is 0.308. The lowest BCUT2D eigenvalue weighted by Crippen LogP contribution is -2.27. The van der Waals surface area contributed by atoms with E-state index < -0.39 is 10.0 Å². The zero-order valence-electron chi connectivity index (χ0n) is 12.6. The summed E-state index contributed by atoms with van der Waals surface area (Å²) in [5, 5.41) is 9.91. The lowest BCUT2D eigenvalue weighted by molar-refractivity contribution is 0.102. The predicted molar refractivity (Wildman–Crippen MR) is 86.1 cm³/mol. The summed E-state index contributed by atoms with van der Waals surface area (Å²) < 4.78 is 30.8. The molecular formula is C13H16N4O4S2. The second-order valence-electron chi connectivity index (χ2n) is 4.58. The summed E-state index contributed by atoms with van der Waals surface area (Å²) in [5.74, 6) is -0.377. The van der Waals surface area contributed by atoms with Gasteiger partial charge in [0.05, 0.1) is 6.61 Å². The quantitative estimate of drug-likeness (QED) is 0.566. The third-order valence-corrected chi connectivity index (χ3v) is 5.44. The summed E-state index contributed by atoms with van der Waals surface area (Å²) in [7, 11) is -2.28. The fourth-order valence-electron chi connectivity index (χ4n) is 1.58. The van der Waals surface area contributed by atoms with Gasteiger partial charge in [0.2, 0.25) is 9.47 Å². The Labute approximate surface area is 137 Å². The van der Waals surface area contributed by atoms with Gasteiger partial charge in [-0.1, -0.05) is 29.0 Å². The Bertz CT molecular complexity index is 772. The number of ether oxygens (including phenoxy) is 1. The van der Waals surface area contributed by atoms with Crippen LogP contribution in [0.5, 0.6) is 0 Å². The van der Waals surface area contributed by atoms with Crippen molar-refractivity contribution >= 4 is 32.4 Å². The number of carbonyl (C=O) groups excluding carboxylic acids is 1. The fourth-order valence-corrected chi connectivity index (χ4v) is 3.53. The zero-order valence-corrected chi connectivity index (χ0v) is 14.2. The molecule has 2 aromatic rings. The minimum atomic E-state index is -3.75. The molecule has 0 aliphatic rings. The molecule has 0 aliphatic carbocycles. The van der Waals surface area contributed by atoms with Crippen molar-refractivity contribution in [3.63, 3.8) is 0 Å². The summed E-state index contributed by atoms with van der Waals surface area (Å²) >= 11 is 0.779. The summed E-state index contributed by atoms with van der Waals surface area (Å²) in [6.45, 7) is 2.29. The molecule has 2 N–H and O–H groups in total. The monoisotopic (exact) mass is 356 g/mol. The molecule has 0 bridgehead atoms. The van der Waals surface area contributed by atoms with Crippen molar-refractivity contribution < 1.29 is 17.9 Å². The van der Waals surface area contributed by atoms with E-state index in [-0.39, 0.29) is 28.5 Å². The van der Waals surface area contributed by atoms with Crippen molar-refractivity contribution in [3.05, 3.63) is 35.4 Å². The molecule has 0 fully saturated rings. The third kappa shape index (κ3) is 4.79. The first-order chi connectivity index (χ1) is 10.9. The molecule has 10 heteroatoms. The number of nitrogens with one attached hydrogen (secondary N) is 2. The molecule has 0 radical (unpaired) electrons. The van der Waals surface area contributed by atoms with Crippen LogP contribution in [0.15, 0.2) is 28.6 Å². The number of methoxy groups -OCH3 is 1. The highest BCUT2D eigenvalue weighted by atomic mass is 32.2. The van der Waals surface area contributed by atoms with Gasteiger partial charge in [-0.2, -0.15) is 0 Å². The maximum absolute atomic E-state index is 12.0. The highest BCUT2D eigenvalue weighted by Gasteiger charge is 2.20. The molecule has 1 amide bonds. The molecule has 124 valence electrons. The molecule has 0 unspecified atom stereocenters. The van der Waals surface area contributed by atoms with E-state index in [1.54, 1.807) is 12.1 Å². The van der Waals surface area contributed by atoms with Crippen molar-refractivity contribution in [3.8, 4) is 0 Å². The highest BCUT2D eigenvalue weighted by molar-refractivity contribution is 7.91. The van der Waals surface area contributed by atoms with Crippen LogP contribution in [0.2, 0.25) is 0 Å². The van der Waals surface area contributed by atoms with E-state index in [0.29, 0.717) is 5.56 Å². The van der Waals surface area contributed by atoms with Gasteiger partial charge in [0.15, 0.2) is 0 Å². The SMILES string of the molecule is COCCNS(=O)(=O)c1nnc(NC(=O)c2ccc(C)cc2)s1. The lowest BCUT2D eigenvalue weighted by Gasteiger charge is -2.02. The Balaban J connectivity index is 2.04. The number of aryl methyl sites for hydroxylation is 1. The van der Waals surface area contributed by atoms with Crippen LogP contribution in [0.1, 0.15) is 15.9 Å². The van der Waals surface area contributed by atoms with Gasteiger partial charge in [0.1, 0.15) is 0 Å². The topological polar surface area (TPSA) is 110 Å². The Morgan fingerprint density at radius 1 is 1.26 bits per heavy atom. The van der Waals surface area contributed by atoms with Crippen LogP contribution in [0, 0.1) is 6.92 Å². The van der Waals surface area contributed by atoms with Gasteiger partial charge in [0.25, 0.3) is 15.9 Å². The van der Waals surface area contributed by atoms with Crippen molar-refractivity contribution in [2.24, 2.45) is 0 Å². The number of aromatic nitrogens is 2. The van der Waals surface area contributed by atoms with Gasteiger partial charge in [0, 0.05) is 19.2 Å². The standard InChI is InChI=1S/C13H16N4O4S2/c1-9-3-5-10(6-4-9)11(18)15-12-16-17-13(22-12)23(19,20)14-7-8-21-2/h3-6,14H,7-8H2,1-2H3,(H,15,16,18). The molecule has 23 heavy (non-hydrogen) atoms. The number of hydrogen-bond donors (Lipinski definition) is 2. The average Bonchev–Trinajstić information content (AvgIpc) is 2.97. The van der Waals surface area contributed by atoms with Crippen LogP contribution in [-0.2, 0) is 14.8 Å². The normalized spacial score (nSPS) is 11.4. The summed E-state index contributed by atoms with van der Waals surface area (Å²) in [4.78, 5) is 12.0. The van der Waals surface area contributed by atoms with E-state index >= 15 is 0 Å². The smallest absolute Gasteiger partial charge is 0.269 e. The number of sulfonamides is 1. The first-order valence-corrected chi connectivity index (χ1v) is 8.92. The maximum atomic E-state index is 12.0.